The monoisotopic (exact) mass is 253 g/mol. The largest absolute Gasteiger partial charge is 0.478 e. The molecule has 18 heavy (non-hydrogen) atoms. The van der Waals surface area contributed by atoms with E-state index in [-0.39, 0.29) is 23.9 Å². The van der Waals surface area contributed by atoms with Crippen molar-refractivity contribution >= 4 is 17.5 Å². The van der Waals surface area contributed by atoms with E-state index in [2.05, 4.69) is 4.98 Å². The van der Waals surface area contributed by atoms with Crippen molar-refractivity contribution in [2.75, 3.05) is 37.0 Å². The molecule has 1 aliphatic heterocycles. The van der Waals surface area contributed by atoms with Gasteiger partial charge < -0.3 is 25.6 Å². The van der Waals surface area contributed by atoms with E-state index in [0.717, 1.165) is 0 Å². The Morgan fingerprint density at radius 3 is 3.11 bits per heavy atom. The number of hydrogen-bond acceptors (Lipinski definition) is 6. The second kappa shape index (κ2) is 5.19. The fourth-order valence-electron chi connectivity index (χ4n) is 1.90. The Bertz CT molecular complexity index is 452. The van der Waals surface area contributed by atoms with Crippen molar-refractivity contribution in [3.63, 3.8) is 0 Å². The maximum Gasteiger partial charge on any atom is 0.337 e. The highest BCUT2D eigenvalue weighted by molar-refractivity contribution is 5.94. The van der Waals surface area contributed by atoms with Crippen molar-refractivity contribution in [2.45, 2.75) is 6.04 Å². The number of morpholine rings is 1. The van der Waals surface area contributed by atoms with Gasteiger partial charge in [0.05, 0.1) is 43.3 Å². The van der Waals surface area contributed by atoms with Crippen LogP contribution in [0.1, 0.15) is 10.4 Å². The highest BCUT2D eigenvalue weighted by Gasteiger charge is 2.24. The molecule has 1 fully saturated rings. The highest BCUT2D eigenvalue weighted by Crippen LogP contribution is 2.21. The number of aliphatic hydroxyl groups excluding tert-OH is 1. The molecule has 98 valence electrons. The number of carboxylic acids is 1. The minimum Gasteiger partial charge on any atom is -0.478 e. The van der Waals surface area contributed by atoms with Gasteiger partial charge in [0.25, 0.3) is 0 Å². The smallest absolute Gasteiger partial charge is 0.337 e. The number of aromatic nitrogens is 1. The summed E-state index contributed by atoms with van der Waals surface area (Å²) in [5, 5.41) is 18.3. The first-order chi connectivity index (χ1) is 8.63. The molecule has 1 atom stereocenters. The van der Waals surface area contributed by atoms with Crippen molar-refractivity contribution in [3.8, 4) is 0 Å². The van der Waals surface area contributed by atoms with Gasteiger partial charge in [0.1, 0.15) is 5.82 Å². The Hall–Kier alpha value is -1.86. The average molecular weight is 253 g/mol. The van der Waals surface area contributed by atoms with Gasteiger partial charge in [0, 0.05) is 6.54 Å². The Morgan fingerprint density at radius 2 is 2.44 bits per heavy atom. The minimum atomic E-state index is -1.09. The van der Waals surface area contributed by atoms with Crippen LogP contribution in [0, 0.1) is 0 Å². The molecule has 1 aliphatic rings. The standard InChI is InChI=1S/C11H15N3O4/c12-9-4-13-10(3-8(9)11(16)17)14-1-2-18-6-7(14)5-15/h3-4,7,15H,1-2,5-6,12H2,(H,16,17). The van der Waals surface area contributed by atoms with Gasteiger partial charge >= 0.3 is 5.97 Å². The minimum absolute atomic E-state index is 0.0168. The summed E-state index contributed by atoms with van der Waals surface area (Å²) in [7, 11) is 0. The fourth-order valence-corrected chi connectivity index (χ4v) is 1.90. The number of pyridine rings is 1. The first kappa shape index (κ1) is 12.6. The number of ether oxygens (including phenoxy) is 1. The van der Waals surface area contributed by atoms with Crippen LogP contribution in [0.4, 0.5) is 11.5 Å². The lowest BCUT2D eigenvalue weighted by atomic mass is 10.2. The summed E-state index contributed by atoms with van der Waals surface area (Å²) in [6.07, 6.45) is 1.32. The molecule has 1 unspecified atom stereocenters. The Morgan fingerprint density at radius 1 is 1.67 bits per heavy atom. The van der Waals surface area contributed by atoms with Crippen LogP contribution in [0.5, 0.6) is 0 Å². The van der Waals surface area contributed by atoms with Gasteiger partial charge in [-0.25, -0.2) is 9.78 Å². The number of carbonyl (C=O) groups is 1. The lowest BCUT2D eigenvalue weighted by molar-refractivity contribution is 0.0697. The number of nitrogens with zero attached hydrogens (tertiary/aromatic N) is 2. The number of nitrogen functional groups attached to an aromatic ring is 1. The number of hydrogen-bond donors (Lipinski definition) is 3. The number of carboxylic acid groups (broad SMARTS) is 1. The topological polar surface area (TPSA) is 109 Å². The Balaban J connectivity index is 2.32. The van der Waals surface area contributed by atoms with Crippen molar-refractivity contribution < 1.29 is 19.7 Å². The summed E-state index contributed by atoms with van der Waals surface area (Å²) in [5.41, 5.74) is 5.69. The average Bonchev–Trinajstić information content (AvgIpc) is 2.39. The second-order valence-electron chi connectivity index (χ2n) is 4.04. The molecule has 0 aromatic carbocycles. The maximum absolute atomic E-state index is 11.0. The van der Waals surface area contributed by atoms with Crippen LogP contribution < -0.4 is 10.6 Å². The SMILES string of the molecule is Nc1cnc(N2CCOCC2CO)cc1C(=O)O. The van der Waals surface area contributed by atoms with Gasteiger partial charge in [-0.2, -0.15) is 0 Å². The van der Waals surface area contributed by atoms with Crippen molar-refractivity contribution in [1.29, 1.82) is 0 Å². The second-order valence-corrected chi connectivity index (χ2v) is 4.04. The molecular weight excluding hydrogens is 238 g/mol. The summed E-state index contributed by atoms with van der Waals surface area (Å²) < 4.78 is 5.26. The van der Waals surface area contributed by atoms with Crippen molar-refractivity contribution in [3.05, 3.63) is 17.8 Å². The van der Waals surface area contributed by atoms with Gasteiger partial charge in [-0.1, -0.05) is 0 Å². The molecule has 7 nitrogen and oxygen atoms in total. The van der Waals surface area contributed by atoms with Gasteiger partial charge in [-0.15, -0.1) is 0 Å². The molecule has 0 spiro atoms. The van der Waals surface area contributed by atoms with Crippen molar-refractivity contribution in [1.82, 2.24) is 4.98 Å². The lowest BCUT2D eigenvalue weighted by Gasteiger charge is -2.35. The van der Waals surface area contributed by atoms with E-state index in [0.29, 0.717) is 25.6 Å². The fraction of sp³-hybridized carbons (Fsp3) is 0.455. The van der Waals surface area contributed by atoms with Gasteiger partial charge in [-0.05, 0) is 6.07 Å². The zero-order valence-corrected chi connectivity index (χ0v) is 9.74. The number of rotatable bonds is 3. The molecule has 0 aliphatic carbocycles. The van der Waals surface area contributed by atoms with Crippen LogP contribution in [-0.4, -0.2) is 53.6 Å². The summed E-state index contributed by atoms with van der Waals surface area (Å²) in [6.45, 7) is 1.39. The van der Waals surface area contributed by atoms with Crippen molar-refractivity contribution in [2.24, 2.45) is 0 Å². The summed E-state index contributed by atoms with van der Waals surface area (Å²) >= 11 is 0. The predicted octanol–water partition coefficient (Wildman–Crippen LogP) is -0.441. The van der Waals surface area contributed by atoms with E-state index in [9.17, 15) is 9.90 Å². The quantitative estimate of drug-likeness (QED) is 0.670. The summed E-state index contributed by atoms with van der Waals surface area (Å²) in [5.74, 6) is -0.603. The van der Waals surface area contributed by atoms with Crippen LogP contribution in [-0.2, 0) is 4.74 Å². The van der Waals surface area contributed by atoms with Crippen LogP contribution in [0.25, 0.3) is 0 Å². The first-order valence-electron chi connectivity index (χ1n) is 5.57. The third kappa shape index (κ3) is 2.36. The van der Waals surface area contributed by atoms with Gasteiger partial charge in [0.2, 0.25) is 0 Å². The van der Waals surface area contributed by atoms with E-state index in [1.54, 1.807) is 0 Å². The molecule has 2 rings (SSSR count). The molecule has 0 saturated carbocycles. The number of nitrogens with two attached hydrogens (primary N) is 1. The predicted molar refractivity (Wildman–Crippen MR) is 64.6 cm³/mol. The molecule has 1 saturated heterocycles. The van der Waals surface area contributed by atoms with Crippen LogP contribution in [0.3, 0.4) is 0 Å². The molecule has 0 radical (unpaired) electrons. The Labute approximate surface area is 104 Å². The summed E-state index contributed by atoms with van der Waals surface area (Å²) in [4.78, 5) is 17.0. The molecule has 4 N–H and O–H groups in total. The molecule has 2 heterocycles. The van der Waals surface area contributed by atoms with E-state index in [4.69, 9.17) is 15.6 Å². The maximum atomic E-state index is 11.0. The van der Waals surface area contributed by atoms with E-state index >= 15 is 0 Å². The zero-order valence-electron chi connectivity index (χ0n) is 9.74. The normalized spacial score (nSPS) is 19.8. The molecule has 1 aromatic heterocycles. The molecule has 7 heteroatoms. The molecule has 0 bridgehead atoms. The third-order valence-electron chi connectivity index (χ3n) is 2.88. The molecule has 0 amide bonds. The Kier molecular flexibility index (Phi) is 3.63. The number of aromatic carboxylic acids is 1. The highest BCUT2D eigenvalue weighted by atomic mass is 16.5. The van der Waals surface area contributed by atoms with Gasteiger partial charge in [0.15, 0.2) is 0 Å². The first-order valence-corrected chi connectivity index (χ1v) is 5.57. The number of aliphatic hydroxyl groups is 1. The van der Waals surface area contributed by atoms with E-state index in [1.807, 2.05) is 4.90 Å². The third-order valence-corrected chi connectivity index (χ3v) is 2.88. The van der Waals surface area contributed by atoms with Crippen LogP contribution >= 0.6 is 0 Å². The summed E-state index contributed by atoms with van der Waals surface area (Å²) in [6, 6.07) is 1.21. The van der Waals surface area contributed by atoms with Crippen LogP contribution in [0.15, 0.2) is 12.3 Å². The number of anilines is 2. The lowest BCUT2D eigenvalue weighted by Crippen LogP contribution is -2.48. The zero-order chi connectivity index (χ0) is 13.1. The van der Waals surface area contributed by atoms with Gasteiger partial charge in [-0.3, -0.25) is 0 Å². The molecule has 1 aromatic rings. The molecular formula is C11H15N3O4. The van der Waals surface area contributed by atoms with E-state index < -0.39 is 5.97 Å². The van der Waals surface area contributed by atoms with E-state index in [1.165, 1.54) is 12.3 Å². The van der Waals surface area contributed by atoms with Crippen LogP contribution in [0.2, 0.25) is 0 Å².